The molecule has 0 amide bonds. The molecule has 19 heavy (non-hydrogen) atoms. The van der Waals surface area contributed by atoms with Gasteiger partial charge in [-0.25, -0.2) is 0 Å². The fraction of sp³-hybridized carbons (Fsp3) is 0.714. The Balaban J connectivity index is 0. The van der Waals surface area contributed by atoms with Crippen LogP contribution < -0.4 is 24.8 Å². The number of hydrogen-bond acceptors (Lipinski definition) is 2. The molecule has 0 bridgehead atoms. The van der Waals surface area contributed by atoms with Crippen molar-refractivity contribution in [3.8, 4) is 0 Å². The molecule has 0 heterocycles. The summed E-state index contributed by atoms with van der Waals surface area (Å²) in [5.74, 6) is 0. The summed E-state index contributed by atoms with van der Waals surface area (Å²) in [6.45, 7) is 3.03. The molecule has 0 aromatic carbocycles. The van der Waals surface area contributed by atoms with Crippen LogP contribution in [0.2, 0.25) is 23.2 Å². The van der Waals surface area contributed by atoms with Gasteiger partial charge in [-0.15, -0.1) is 0 Å². The second-order valence-electron chi connectivity index (χ2n) is 8.89. The van der Waals surface area contributed by atoms with Crippen molar-refractivity contribution >= 4 is 0 Å². The maximum atomic E-state index is 6.15. The quantitative estimate of drug-likeness (QED) is 0.438. The van der Waals surface area contributed by atoms with Crippen molar-refractivity contribution in [2.75, 3.05) is 6.61 Å². The second kappa shape index (κ2) is 6.64. The normalized spacial score (nSPS) is 15.8. The molecule has 1 aliphatic carbocycles. The smallest absolute Gasteiger partial charge is 1.00 e. The first-order chi connectivity index (χ1) is 7.54. The molecular weight excluding hydrogens is 360 g/mol. The Kier molecular flexibility index (Phi) is 7.69. The Morgan fingerprint density at radius 1 is 1.16 bits per heavy atom. The van der Waals surface area contributed by atoms with Crippen molar-refractivity contribution in [2.24, 2.45) is 0 Å². The van der Waals surface area contributed by atoms with E-state index < -0.39 is 17.6 Å². The molecule has 1 aliphatic rings. The molecular formula is C14H29Cl2NOZr. The number of nitrogens with zero attached hydrogens (tertiary/aromatic N) is 1. The third-order valence-corrected chi connectivity index (χ3v) is 8.76. The summed E-state index contributed by atoms with van der Waals surface area (Å²) in [7, 11) is 0. The molecule has 0 radical (unpaired) electrons. The van der Waals surface area contributed by atoms with Crippen LogP contribution in [0.5, 0.6) is 0 Å². The van der Waals surface area contributed by atoms with Gasteiger partial charge in [-0.3, -0.25) is 0 Å². The van der Waals surface area contributed by atoms with Gasteiger partial charge < -0.3 is 24.8 Å². The van der Waals surface area contributed by atoms with E-state index in [9.17, 15) is 0 Å². The molecule has 0 saturated heterocycles. The molecule has 0 aromatic rings. The minimum absolute atomic E-state index is 0. The van der Waals surface area contributed by atoms with Crippen LogP contribution >= 0.6 is 0 Å². The average molecular weight is 390 g/mol. The minimum Gasteiger partial charge on any atom is -1.00 e. The van der Waals surface area contributed by atoms with Gasteiger partial charge in [0.2, 0.25) is 0 Å². The van der Waals surface area contributed by atoms with Crippen LogP contribution in [-0.2, 0) is 22.4 Å². The number of allylic oxidation sites excluding steroid dienone is 3. The predicted octanol–water partition coefficient (Wildman–Crippen LogP) is -0.747. The molecule has 0 unspecified atom stereocenters. The van der Waals surface area contributed by atoms with Gasteiger partial charge in [-0.05, 0) is 0 Å². The van der Waals surface area contributed by atoms with Crippen LogP contribution in [0.1, 0.15) is 26.2 Å². The topological polar surface area (TPSA) is 12.5 Å². The summed E-state index contributed by atoms with van der Waals surface area (Å²) >= 11 is -3.35. The van der Waals surface area contributed by atoms with Crippen molar-refractivity contribution in [2.45, 2.75) is 49.3 Å². The van der Waals surface area contributed by atoms with Gasteiger partial charge in [0, 0.05) is 0 Å². The van der Waals surface area contributed by atoms with Crippen LogP contribution in [-0.4, -0.2) is 9.61 Å². The van der Waals surface area contributed by atoms with Crippen LogP contribution in [0.4, 0.5) is 0 Å². The first-order valence-electron chi connectivity index (χ1n) is 6.84. The molecule has 0 atom stereocenters. The van der Waals surface area contributed by atoms with Gasteiger partial charge in [0.05, 0.1) is 0 Å². The van der Waals surface area contributed by atoms with E-state index in [-0.39, 0.29) is 24.8 Å². The molecule has 2 nitrogen and oxygen atoms in total. The van der Waals surface area contributed by atoms with Crippen molar-refractivity contribution in [3.63, 3.8) is 0 Å². The van der Waals surface area contributed by atoms with Gasteiger partial charge >= 0.3 is 105 Å². The van der Waals surface area contributed by atoms with Crippen LogP contribution in [0.25, 0.3) is 0 Å². The number of rotatable bonds is 6. The van der Waals surface area contributed by atoms with Crippen LogP contribution in [0, 0.1) is 0 Å². The second-order valence-corrected chi connectivity index (χ2v) is 40.0. The van der Waals surface area contributed by atoms with Crippen molar-refractivity contribution in [1.82, 2.24) is 3.01 Å². The first kappa shape index (κ1) is 22.0. The monoisotopic (exact) mass is 387 g/mol. The van der Waals surface area contributed by atoms with Gasteiger partial charge in [0.25, 0.3) is 0 Å². The van der Waals surface area contributed by atoms with Crippen molar-refractivity contribution < 1.29 is 47.2 Å². The molecule has 1 rings (SSSR count). The third kappa shape index (κ3) is 7.32. The molecule has 0 fully saturated rings. The van der Waals surface area contributed by atoms with Crippen LogP contribution in [0.15, 0.2) is 23.9 Å². The summed E-state index contributed by atoms with van der Waals surface area (Å²) in [5, 5.41) is 0. The molecule has 0 N–H and O–H groups in total. The third-order valence-electron chi connectivity index (χ3n) is 2.75. The number of hydroxylamine groups is 1. The van der Waals surface area contributed by atoms with E-state index in [0.717, 1.165) is 19.4 Å². The molecule has 114 valence electrons. The maximum absolute atomic E-state index is 6.15. The number of halogens is 2. The summed E-state index contributed by atoms with van der Waals surface area (Å²) < 4.78 is 14.4. The largest absolute Gasteiger partial charge is 1.00 e. The zero-order chi connectivity index (χ0) is 13.2. The van der Waals surface area contributed by atoms with Gasteiger partial charge in [-0.1, -0.05) is 0 Å². The Morgan fingerprint density at radius 3 is 2.11 bits per heavy atom. The van der Waals surface area contributed by atoms with Crippen molar-refractivity contribution in [1.29, 1.82) is 0 Å². The molecule has 0 spiro atoms. The SMILES string of the molecule is CCCCO[N](C1=CC=CC1)[Zr+2]([CH3])([CH3])([CH3])([CH3])[CH3].[Cl-].[Cl-]. The zero-order valence-corrected chi connectivity index (χ0v) is 17.1. The van der Waals surface area contributed by atoms with E-state index in [1.807, 2.05) is 0 Å². The van der Waals surface area contributed by atoms with Gasteiger partial charge in [0.15, 0.2) is 0 Å². The Bertz CT molecular complexity index is 343. The van der Waals surface area contributed by atoms with E-state index in [1.165, 1.54) is 12.1 Å². The minimum atomic E-state index is -3.35. The summed E-state index contributed by atoms with van der Waals surface area (Å²) in [4.78, 5) is 6.15. The fourth-order valence-corrected chi connectivity index (χ4v) is 7.76. The Morgan fingerprint density at radius 2 is 1.74 bits per heavy atom. The van der Waals surface area contributed by atoms with E-state index in [1.54, 1.807) is 0 Å². The van der Waals surface area contributed by atoms with Gasteiger partial charge in [0.1, 0.15) is 0 Å². The zero-order valence-electron chi connectivity index (χ0n) is 13.2. The number of hydrogen-bond donors (Lipinski definition) is 0. The average Bonchev–Trinajstić information content (AvgIpc) is 2.60. The summed E-state index contributed by atoms with van der Waals surface area (Å²) in [6, 6.07) is 0. The fourth-order valence-electron chi connectivity index (χ4n) is 2.01. The van der Waals surface area contributed by atoms with Crippen LogP contribution in [0.3, 0.4) is 0 Å². The van der Waals surface area contributed by atoms with Gasteiger partial charge in [-0.2, -0.15) is 0 Å². The predicted molar refractivity (Wildman–Crippen MR) is 73.9 cm³/mol. The van der Waals surface area contributed by atoms with E-state index in [0.29, 0.717) is 0 Å². The Hall–Kier alpha value is 0.703. The standard InChI is InChI=1S/C9H14NO.5CH3.2ClH.Zr/c1-2-3-8-11-10-9-6-4-5-7-9;;;;;;;;/h4-6H,2-3,7-8H2,1H3;5*1H3;2*1H;/q-1;;;;;;;;+3/p-2. The number of unbranched alkanes of at least 4 members (excludes halogenated alkanes) is 1. The Labute approximate surface area is 129 Å². The molecule has 5 heteroatoms. The summed E-state index contributed by atoms with van der Waals surface area (Å²) in [6.07, 6.45) is 9.86. The molecule has 0 aliphatic heterocycles. The van der Waals surface area contributed by atoms with Crippen molar-refractivity contribution in [3.05, 3.63) is 23.9 Å². The molecule has 0 aromatic heterocycles. The first-order valence-corrected chi connectivity index (χ1v) is 20.2. The van der Waals surface area contributed by atoms with E-state index >= 15 is 0 Å². The maximum Gasteiger partial charge on any atom is -1.00 e. The summed E-state index contributed by atoms with van der Waals surface area (Å²) in [5.41, 5.74) is 1.33. The van der Waals surface area contributed by atoms with E-state index in [4.69, 9.17) is 4.84 Å². The van der Waals surface area contributed by atoms with E-state index in [2.05, 4.69) is 51.3 Å². The molecule has 0 saturated carbocycles.